The van der Waals surface area contributed by atoms with Crippen LogP contribution in [-0.4, -0.2) is 12.9 Å². The summed E-state index contributed by atoms with van der Waals surface area (Å²) in [6.07, 6.45) is 1.34. The number of fused-ring (bicyclic) bond motifs is 1. The summed E-state index contributed by atoms with van der Waals surface area (Å²) in [5, 5.41) is 0. The standard InChI is InChI=1S/C10H11NO2/c1-13-6-4-8-7(9(11)5-6)2-3-10(8)12/h4-5H,2-3,11H2,1H3. The third-order valence-corrected chi connectivity index (χ3v) is 2.40. The first-order valence-electron chi connectivity index (χ1n) is 4.22. The fourth-order valence-electron chi connectivity index (χ4n) is 1.69. The summed E-state index contributed by atoms with van der Waals surface area (Å²) >= 11 is 0. The highest BCUT2D eigenvalue weighted by Crippen LogP contribution is 2.31. The molecule has 0 saturated carbocycles. The number of methoxy groups -OCH3 is 1. The van der Waals surface area contributed by atoms with Crippen LogP contribution in [0.2, 0.25) is 0 Å². The van der Waals surface area contributed by atoms with Crippen LogP contribution < -0.4 is 10.5 Å². The van der Waals surface area contributed by atoms with Crippen molar-refractivity contribution in [1.82, 2.24) is 0 Å². The van der Waals surface area contributed by atoms with Gasteiger partial charge in [0.1, 0.15) is 5.75 Å². The molecule has 0 bridgehead atoms. The minimum atomic E-state index is 0.167. The van der Waals surface area contributed by atoms with Gasteiger partial charge in [-0.2, -0.15) is 0 Å². The summed E-state index contributed by atoms with van der Waals surface area (Å²) in [6.45, 7) is 0. The second kappa shape index (κ2) is 2.76. The molecule has 0 fully saturated rings. The highest BCUT2D eigenvalue weighted by molar-refractivity contribution is 6.02. The third kappa shape index (κ3) is 1.16. The number of hydrogen-bond acceptors (Lipinski definition) is 3. The molecule has 0 spiro atoms. The largest absolute Gasteiger partial charge is 0.497 e. The molecule has 0 heterocycles. The van der Waals surface area contributed by atoms with Gasteiger partial charge in [0.05, 0.1) is 7.11 Å². The predicted molar refractivity (Wildman–Crippen MR) is 50.1 cm³/mol. The molecular formula is C10H11NO2. The summed E-state index contributed by atoms with van der Waals surface area (Å²) in [6, 6.07) is 3.53. The van der Waals surface area contributed by atoms with Crippen molar-refractivity contribution in [2.45, 2.75) is 12.8 Å². The summed E-state index contributed by atoms with van der Waals surface area (Å²) in [5.41, 5.74) is 8.16. The van der Waals surface area contributed by atoms with Crippen LogP contribution >= 0.6 is 0 Å². The van der Waals surface area contributed by atoms with Crippen molar-refractivity contribution in [1.29, 1.82) is 0 Å². The second-order valence-electron chi connectivity index (χ2n) is 3.17. The topological polar surface area (TPSA) is 52.3 Å². The molecule has 3 heteroatoms. The molecular weight excluding hydrogens is 166 g/mol. The van der Waals surface area contributed by atoms with E-state index in [0.717, 1.165) is 17.5 Å². The number of rotatable bonds is 1. The van der Waals surface area contributed by atoms with Gasteiger partial charge in [-0.3, -0.25) is 4.79 Å². The van der Waals surface area contributed by atoms with E-state index in [-0.39, 0.29) is 5.78 Å². The molecule has 2 N–H and O–H groups in total. The van der Waals surface area contributed by atoms with Gasteiger partial charge in [-0.1, -0.05) is 0 Å². The number of hydrogen-bond donors (Lipinski definition) is 1. The van der Waals surface area contributed by atoms with E-state index in [1.54, 1.807) is 19.2 Å². The Kier molecular flexibility index (Phi) is 1.72. The van der Waals surface area contributed by atoms with Crippen molar-refractivity contribution in [3.8, 4) is 5.75 Å². The number of nitrogen functional groups attached to an aromatic ring is 1. The maximum absolute atomic E-state index is 11.4. The SMILES string of the molecule is COc1cc(N)c2c(c1)C(=O)CC2. The Labute approximate surface area is 76.5 Å². The van der Waals surface area contributed by atoms with Crippen molar-refractivity contribution in [3.63, 3.8) is 0 Å². The molecule has 13 heavy (non-hydrogen) atoms. The molecule has 0 radical (unpaired) electrons. The Morgan fingerprint density at radius 2 is 2.15 bits per heavy atom. The minimum Gasteiger partial charge on any atom is -0.497 e. The first-order valence-corrected chi connectivity index (χ1v) is 4.22. The van der Waals surface area contributed by atoms with E-state index in [1.807, 2.05) is 0 Å². The van der Waals surface area contributed by atoms with Crippen LogP contribution in [0.15, 0.2) is 12.1 Å². The van der Waals surface area contributed by atoms with Gasteiger partial charge in [0.25, 0.3) is 0 Å². The summed E-state index contributed by atoms with van der Waals surface area (Å²) < 4.78 is 5.04. The molecule has 2 rings (SSSR count). The number of nitrogens with two attached hydrogens (primary N) is 1. The summed E-state index contributed by atoms with van der Waals surface area (Å²) in [4.78, 5) is 11.4. The van der Waals surface area contributed by atoms with Crippen LogP contribution in [0.25, 0.3) is 0 Å². The molecule has 1 aliphatic rings. The van der Waals surface area contributed by atoms with Gasteiger partial charge in [0.2, 0.25) is 0 Å². The zero-order valence-corrected chi connectivity index (χ0v) is 7.46. The Hall–Kier alpha value is -1.51. The van der Waals surface area contributed by atoms with E-state index in [1.165, 1.54) is 0 Å². The summed E-state index contributed by atoms with van der Waals surface area (Å²) in [7, 11) is 1.57. The third-order valence-electron chi connectivity index (χ3n) is 2.40. The molecule has 0 aliphatic heterocycles. The number of ether oxygens (including phenoxy) is 1. The Balaban J connectivity index is 2.60. The van der Waals surface area contributed by atoms with Crippen LogP contribution in [0.3, 0.4) is 0 Å². The highest BCUT2D eigenvalue weighted by atomic mass is 16.5. The minimum absolute atomic E-state index is 0.167. The molecule has 0 aromatic heterocycles. The fraction of sp³-hybridized carbons (Fsp3) is 0.300. The second-order valence-corrected chi connectivity index (χ2v) is 3.17. The average molecular weight is 177 g/mol. The van der Waals surface area contributed by atoms with Gasteiger partial charge in [0.15, 0.2) is 5.78 Å². The monoisotopic (exact) mass is 177 g/mol. The number of benzene rings is 1. The molecule has 3 nitrogen and oxygen atoms in total. The maximum atomic E-state index is 11.4. The maximum Gasteiger partial charge on any atom is 0.163 e. The van der Waals surface area contributed by atoms with Crippen molar-refractivity contribution in [2.24, 2.45) is 0 Å². The van der Waals surface area contributed by atoms with Gasteiger partial charge in [-0.25, -0.2) is 0 Å². The zero-order valence-electron chi connectivity index (χ0n) is 7.46. The number of ketones is 1. The van der Waals surface area contributed by atoms with Gasteiger partial charge in [-0.15, -0.1) is 0 Å². The van der Waals surface area contributed by atoms with Crippen molar-refractivity contribution < 1.29 is 9.53 Å². The smallest absolute Gasteiger partial charge is 0.163 e. The summed E-state index contributed by atoms with van der Waals surface area (Å²) in [5.74, 6) is 0.826. The van der Waals surface area contributed by atoms with Gasteiger partial charge >= 0.3 is 0 Å². The van der Waals surface area contributed by atoms with E-state index >= 15 is 0 Å². The van der Waals surface area contributed by atoms with Gasteiger partial charge in [0, 0.05) is 23.7 Å². The van der Waals surface area contributed by atoms with Crippen molar-refractivity contribution in [2.75, 3.05) is 12.8 Å². The molecule has 1 aromatic carbocycles. The highest BCUT2D eigenvalue weighted by Gasteiger charge is 2.22. The Bertz CT molecular complexity index is 371. The lowest BCUT2D eigenvalue weighted by atomic mass is 10.1. The quantitative estimate of drug-likeness (QED) is 0.660. The van der Waals surface area contributed by atoms with E-state index in [0.29, 0.717) is 17.9 Å². The van der Waals surface area contributed by atoms with Crippen LogP contribution in [0.5, 0.6) is 5.75 Å². The van der Waals surface area contributed by atoms with E-state index in [9.17, 15) is 4.79 Å². The lowest BCUT2D eigenvalue weighted by Crippen LogP contribution is -1.97. The molecule has 1 aromatic rings. The average Bonchev–Trinajstić information content (AvgIpc) is 2.48. The lowest BCUT2D eigenvalue weighted by molar-refractivity contribution is 0.0994. The number of carbonyl (C=O) groups excluding carboxylic acids is 1. The molecule has 0 atom stereocenters. The van der Waals surface area contributed by atoms with Crippen LogP contribution in [0, 0.1) is 0 Å². The Morgan fingerprint density at radius 3 is 2.85 bits per heavy atom. The van der Waals surface area contributed by atoms with Crippen LogP contribution in [0.1, 0.15) is 22.3 Å². The molecule has 0 saturated heterocycles. The van der Waals surface area contributed by atoms with Crippen LogP contribution in [-0.2, 0) is 6.42 Å². The van der Waals surface area contributed by atoms with Crippen LogP contribution in [0.4, 0.5) is 5.69 Å². The molecule has 0 unspecified atom stereocenters. The molecule has 1 aliphatic carbocycles. The number of anilines is 1. The molecule has 0 amide bonds. The van der Waals surface area contributed by atoms with Crippen molar-refractivity contribution >= 4 is 11.5 Å². The van der Waals surface area contributed by atoms with E-state index < -0.39 is 0 Å². The van der Waals surface area contributed by atoms with E-state index in [2.05, 4.69) is 0 Å². The first-order chi connectivity index (χ1) is 6.22. The predicted octanol–water partition coefficient (Wildman–Crippen LogP) is 1.41. The normalized spacial score (nSPS) is 14.4. The number of Topliss-reactive ketones (excluding diaryl/α,β-unsaturated/α-hetero) is 1. The number of carbonyl (C=O) groups is 1. The fourth-order valence-corrected chi connectivity index (χ4v) is 1.69. The first kappa shape index (κ1) is 8.10. The zero-order chi connectivity index (χ0) is 9.42. The molecule has 68 valence electrons. The Morgan fingerprint density at radius 1 is 1.38 bits per heavy atom. The van der Waals surface area contributed by atoms with Crippen molar-refractivity contribution in [3.05, 3.63) is 23.3 Å². The van der Waals surface area contributed by atoms with Gasteiger partial charge in [-0.05, 0) is 18.1 Å². The van der Waals surface area contributed by atoms with Gasteiger partial charge < -0.3 is 10.5 Å². The lowest BCUT2D eigenvalue weighted by Gasteiger charge is -2.06. The van der Waals surface area contributed by atoms with E-state index in [4.69, 9.17) is 10.5 Å².